The van der Waals surface area contributed by atoms with Crippen LogP contribution in [-0.2, 0) is 11.3 Å². The van der Waals surface area contributed by atoms with Crippen molar-refractivity contribution in [1.82, 2.24) is 24.9 Å². The van der Waals surface area contributed by atoms with E-state index in [1.54, 1.807) is 6.92 Å². The Labute approximate surface area is 146 Å². The van der Waals surface area contributed by atoms with Gasteiger partial charge in [-0.2, -0.15) is 5.10 Å². The van der Waals surface area contributed by atoms with Crippen LogP contribution in [0.5, 0.6) is 0 Å². The number of morpholine rings is 1. The number of rotatable bonds is 4. The average Bonchev–Trinajstić information content (AvgIpc) is 3.24. The summed E-state index contributed by atoms with van der Waals surface area (Å²) in [5.74, 6) is 1.11. The lowest BCUT2D eigenvalue weighted by molar-refractivity contribution is -0.0921. The number of ether oxygens (including phenoxy) is 1. The lowest BCUT2D eigenvalue weighted by Crippen LogP contribution is -2.42. The molecule has 25 heavy (non-hydrogen) atoms. The molecule has 0 aliphatic carbocycles. The average molecular weight is 339 g/mol. The minimum absolute atomic E-state index is 0.0963. The van der Waals surface area contributed by atoms with E-state index in [1.165, 1.54) is 0 Å². The number of aromatic nitrogens is 4. The van der Waals surface area contributed by atoms with Crippen molar-refractivity contribution < 1.29 is 9.15 Å². The fraction of sp³-hybridized carbons (Fsp3) is 0.389. The van der Waals surface area contributed by atoms with E-state index >= 15 is 0 Å². The Morgan fingerprint density at radius 2 is 1.96 bits per heavy atom. The Morgan fingerprint density at radius 3 is 2.72 bits per heavy atom. The Morgan fingerprint density at radius 1 is 1.12 bits per heavy atom. The van der Waals surface area contributed by atoms with Gasteiger partial charge in [-0.05, 0) is 25.1 Å². The van der Waals surface area contributed by atoms with E-state index in [2.05, 4.69) is 45.3 Å². The van der Waals surface area contributed by atoms with Crippen LogP contribution in [0.15, 0.2) is 47.0 Å². The SMILES string of the molecule is Cc1nnc([C@H]2CN(Cc3ccnn3-c3ccccc3)C[C@@H](C)O2)o1. The van der Waals surface area contributed by atoms with Gasteiger partial charge in [0.2, 0.25) is 11.8 Å². The van der Waals surface area contributed by atoms with E-state index in [0.29, 0.717) is 18.3 Å². The van der Waals surface area contributed by atoms with Gasteiger partial charge in [0.1, 0.15) is 6.10 Å². The van der Waals surface area contributed by atoms with Crippen LogP contribution in [-0.4, -0.2) is 44.1 Å². The van der Waals surface area contributed by atoms with E-state index in [4.69, 9.17) is 9.15 Å². The van der Waals surface area contributed by atoms with Gasteiger partial charge in [0.05, 0.1) is 17.5 Å². The van der Waals surface area contributed by atoms with Crippen LogP contribution in [0.4, 0.5) is 0 Å². The minimum Gasteiger partial charge on any atom is -0.423 e. The summed E-state index contributed by atoms with van der Waals surface area (Å²) in [5, 5.41) is 12.5. The van der Waals surface area contributed by atoms with E-state index in [-0.39, 0.29) is 12.2 Å². The molecule has 3 heterocycles. The number of nitrogens with zero attached hydrogens (tertiary/aromatic N) is 5. The zero-order valence-corrected chi connectivity index (χ0v) is 14.4. The molecule has 0 amide bonds. The molecule has 1 aliphatic heterocycles. The van der Waals surface area contributed by atoms with Gasteiger partial charge in [0.15, 0.2) is 0 Å². The summed E-state index contributed by atoms with van der Waals surface area (Å²) in [7, 11) is 0. The first-order chi connectivity index (χ1) is 12.2. The maximum atomic E-state index is 5.99. The summed E-state index contributed by atoms with van der Waals surface area (Å²) in [5.41, 5.74) is 2.20. The summed E-state index contributed by atoms with van der Waals surface area (Å²) >= 11 is 0. The van der Waals surface area contributed by atoms with Gasteiger partial charge in [-0.15, -0.1) is 10.2 Å². The van der Waals surface area contributed by atoms with Crippen LogP contribution in [0.1, 0.15) is 30.5 Å². The molecular weight excluding hydrogens is 318 g/mol. The van der Waals surface area contributed by atoms with Crippen LogP contribution >= 0.6 is 0 Å². The highest BCUT2D eigenvalue weighted by atomic mass is 16.5. The van der Waals surface area contributed by atoms with Crippen LogP contribution in [0.25, 0.3) is 5.69 Å². The first-order valence-corrected chi connectivity index (χ1v) is 8.45. The third-order valence-electron chi connectivity index (χ3n) is 4.26. The molecular formula is C18H21N5O2. The number of hydrogen-bond acceptors (Lipinski definition) is 6. The Bertz CT molecular complexity index is 829. The summed E-state index contributed by atoms with van der Waals surface area (Å²) in [6.45, 7) is 6.21. The Hall–Kier alpha value is -2.51. The van der Waals surface area contributed by atoms with Crippen LogP contribution in [0.3, 0.4) is 0 Å². The molecule has 7 nitrogen and oxygen atoms in total. The fourth-order valence-corrected chi connectivity index (χ4v) is 3.23. The molecule has 0 unspecified atom stereocenters. The van der Waals surface area contributed by atoms with Crippen molar-refractivity contribution in [3.8, 4) is 5.69 Å². The molecule has 0 radical (unpaired) electrons. The Balaban J connectivity index is 1.52. The van der Waals surface area contributed by atoms with Crippen molar-refractivity contribution in [3.63, 3.8) is 0 Å². The van der Waals surface area contributed by atoms with Gasteiger partial charge >= 0.3 is 0 Å². The van der Waals surface area contributed by atoms with E-state index in [1.807, 2.05) is 29.1 Å². The molecule has 1 aromatic carbocycles. The Kier molecular flexibility index (Phi) is 4.33. The van der Waals surface area contributed by atoms with E-state index < -0.39 is 0 Å². The quantitative estimate of drug-likeness (QED) is 0.727. The summed E-state index contributed by atoms with van der Waals surface area (Å²) in [6, 6.07) is 12.2. The molecule has 130 valence electrons. The maximum absolute atomic E-state index is 5.99. The van der Waals surface area contributed by atoms with E-state index in [9.17, 15) is 0 Å². The molecule has 0 N–H and O–H groups in total. The molecule has 0 bridgehead atoms. The predicted molar refractivity (Wildman–Crippen MR) is 91.2 cm³/mol. The minimum atomic E-state index is -0.196. The van der Waals surface area contributed by atoms with Crippen LogP contribution in [0, 0.1) is 6.92 Å². The van der Waals surface area contributed by atoms with Crippen molar-refractivity contribution in [1.29, 1.82) is 0 Å². The monoisotopic (exact) mass is 339 g/mol. The molecule has 4 rings (SSSR count). The van der Waals surface area contributed by atoms with Crippen molar-refractivity contribution >= 4 is 0 Å². The van der Waals surface area contributed by atoms with E-state index in [0.717, 1.165) is 24.5 Å². The molecule has 2 aromatic heterocycles. The van der Waals surface area contributed by atoms with Gasteiger partial charge in [-0.1, -0.05) is 18.2 Å². The highest BCUT2D eigenvalue weighted by Gasteiger charge is 2.30. The van der Waals surface area contributed by atoms with Gasteiger partial charge in [-0.25, -0.2) is 4.68 Å². The van der Waals surface area contributed by atoms with Crippen molar-refractivity contribution in [2.45, 2.75) is 32.6 Å². The maximum Gasteiger partial charge on any atom is 0.246 e. The van der Waals surface area contributed by atoms with Crippen LogP contribution < -0.4 is 0 Å². The highest BCUT2D eigenvalue weighted by Crippen LogP contribution is 2.25. The molecule has 1 aliphatic rings. The normalized spacial score (nSPS) is 21.5. The molecule has 0 saturated carbocycles. The second-order valence-electron chi connectivity index (χ2n) is 6.36. The first-order valence-electron chi connectivity index (χ1n) is 8.45. The summed E-state index contributed by atoms with van der Waals surface area (Å²) < 4.78 is 13.5. The third kappa shape index (κ3) is 3.47. The van der Waals surface area contributed by atoms with Crippen molar-refractivity contribution in [2.75, 3.05) is 13.1 Å². The zero-order chi connectivity index (χ0) is 17.2. The molecule has 2 atom stereocenters. The van der Waals surface area contributed by atoms with Gasteiger partial charge in [0, 0.05) is 32.8 Å². The molecule has 7 heteroatoms. The summed E-state index contributed by atoms with van der Waals surface area (Å²) in [4.78, 5) is 2.34. The molecule has 1 saturated heterocycles. The standard InChI is InChI=1S/C18H21N5O2/c1-13-10-22(12-17(24-13)18-21-20-14(2)25-18)11-16-8-9-19-23(16)15-6-4-3-5-7-15/h3-9,13,17H,10-12H2,1-2H3/t13-,17-/m1/s1. The topological polar surface area (TPSA) is 69.2 Å². The first kappa shape index (κ1) is 16.0. The lowest BCUT2D eigenvalue weighted by atomic mass is 10.2. The van der Waals surface area contributed by atoms with Crippen molar-refractivity contribution in [2.24, 2.45) is 0 Å². The summed E-state index contributed by atoms with van der Waals surface area (Å²) in [6.07, 6.45) is 1.74. The number of para-hydroxylation sites is 1. The van der Waals surface area contributed by atoms with Gasteiger partial charge < -0.3 is 9.15 Å². The second-order valence-corrected chi connectivity index (χ2v) is 6.36. The third-order valence-corrected chi connectivity index (χ3v) is 4.26. The molecule has 3 aromatic rings. The number of hydrogen-bond donors (Lipinski definition) is 0. The second kappa shape index (κ2) is 6.78. The molecule has 1 fully saturated rings. The fourth-order valence-electron chi connectivity index (χ4n) is 3.23. The van der Waals surface area contributed by atoms with Crippen molar-refractivity contribution in [3.05, 3.63) is 60.1 Å². The smallest absolute Gasteiger partial charge is 0.246 e. The number of aryl methyl sites for hydroxylation is 1. The molecule has 0 spiro atoms. The zero-order valence-electron chi connectivity index (χ0n) is 14.4. The lowest BCUT2D eigenvalue weighted by Gasteiger charge is -2.35. The van der Waals surface area contributed by atoms with Crippen LogP contribution in [0.2, 0.25) is 0 Å². The highest BCUT2D eigenvalue weighted by molar-refractivity contribution is 5.32. The van der Waals surface area contributed by atoms with Gasteiger partial charge in [-0.3, -0.25) is 4.90 Å². The van der Waals surface area contributed by atoms with Gasteiger partial charge in [0.25, 0.3) is 0 Å². The number of benzene rings is 1. The largest absolute Gasteiger partial charge is 0.423 e. The predicted octanol–water partition coefficient (Wildman–Crippen LogP) is 2.53.